The minimum absolute atomic E-state index is 0.104. The lowest BCUT2D eigenvalue weighted by molar-refractivity contribution is -0.0397. The van der Waals surface area contributed by atoms with Crippen molar-refractivity contribution in [1.29, 1.82) is 0 Å². The van der Waals surface area contributed by atoms with Gasteiger partial charge in [0, 0.05) is 16.8 Å². The van der Waals surface area contributed by atoms with Crippen molar-refractivity contribution in [1.82, 2.24) is 0 Å². The minimum atomic E-state index is 0.104. The standard InChI is InChI=1S/C48H49N/c1-46(2)23-24-47(3,4)43-30-34(19-22-42(43)46)33-17-20-38(21-18-33)49(37-11-6-5-7-12-37)44-16-10-14-40-39-13-8-9-15-41(39)48(45(40)44)35-26-31-25-32(28-35)29-36(48)27-31/h5-22,30-32,35-36H,23-29H2,1-4H3. The highest BCUT2D eigenvalue weighted by molar-refractivity contribution is 5.91. The highest BCUT2D eigenvalue weighted by Crippen LogP contribution is 2.71. The average molecular weight is 640 g/mol. The maximum absolute atomic E-state index is 2.58. The second-order valence-corrected chi connectivity index (χ2v) is 17.7. The Bertz CT molecular complexity index is 2050. The van der Waals surface area contributed by atoms with E-state index in [4.69, 9.17) is 0 Å². The molecule has 0 aromatic heterocycles. The summed E-state index contributed by atoms with van der Waals surface area (Å²) in [5.74, 6) is 3.31. The third-order valence-corrected chi connectivity index (χ3v) is 14.1. The molecule has 246 valence electrons. The zero-order chi connectivity index (χ0) is 33.1. The molecule has 6 aliphatic carbocycles. The third kappa shape index (κ3) is 4.24. The van der Waals surface area contributed by atoms with Crippen molar-refractivity contribution in [2.75, 3.05) is 4.90 Å². The van der Waals surface area contributed by atoms with Crippen LogP contribution in [0, 0.1) is 23.7 Å². The summed E-state index contributed by atoms with van der Waals surface area (Å²) in [4.78, 5) is 2.58. The van der Waals surface area contributed by atoms with Crippen LogP contribution in [0.25, 0.3) is 22.3 Å². The highest BCUT2D eigenvalue weighted by atomic mass is 15.1. The molecule has 4 saturated carbocycles. The van der Waals surface area contributed by atoms with Crippen LogP contribution < -0.4 is 4.90 Å². The van der Waals surface area contributed by atoms with Gasteiger partial charge in [0.1, 0.15) is 0 Å². The van der Waals surface area contributed by atoms with E-state index in [1.54, 1.807) is 11.1 Å². The fraction of sp³-hybridized carbons (Fsp3) is 0.375. The molecule has 49 heavy (non-hydrogen) atoms. The Hall–Kier alpha value is -4.10. The fourth-order valence-corrected chi connectivity index (χ4v) is 12.0. The van der Waals surface area contributed by atoms with Gasteiger partial charge in [-0.2, -0.15) is 0 Å². The molecule has 1 heteroatoms. The lowest BCUT2D eigenvalue weighted by Gasteiger charge is -2.61. The van der Waals surface area contributed by atoms with Crippen molar-refractivity contribution in [2.45, 2.75) is 88.9 Å². The van der Waals surface area contributed by atoms with Gasteiger partial charge in [0.15, 0.2) is 0 Å². The Morgan fingerprint density at radius 3 is 1.80 bits per heavy atom. The molecular weight excluding hydrogens is 591 g/mol. The quantitative estimate of drug-likeness (QED) is 0.189. The maximum Gasteiger partial charge on any atom is 0.0509 e. The van der Waals surface area contributed by atoms with Gasteiger partial charge in [0.2, 0.25) is 0 Å². The van der Waals surface area contributed by atoms with Crippen molar-refractivity contribution in [2.24, 2.45) is 23.7 Å². The first-order valence-corrected chi connectivity index (χ1v) is 19.1. The number of rotatable bonds is 4. The van der Waals surface area contributed by atoms with Gasteiger partial charge in [0.05, 0.1) is 5.69 Å². The summed E-state index contributed by atoms with van der Waals surface area (Å²) in [5, 5.41) is 0. The molecule has 0 aliphatic heterocycles. The fourth-order valence-electron chi connectivity index (χ4n) is 12.0. The van der Waals surface area contributed by atoms with Crippen molar-refractivity contribution < 1.29 is 0 Å². The average Bonchev–Trinajstić information content (AvgIpc) is 3.41. The Morgan fingerprint density at radius 1 is 0.490 bits per heavy atom. The van der Waals surface area contributed by atoms with Crippen LogP contribution in [-0.2, 0) is 16.2 Å². The summed E-state index contributed by atoms with van der Waals surface area (Å²) < 4.78 is 0. The predicted octanol–water partition coefficient (Wildman–Crippen LogP) is 12.9. The molecule has 1 nitrogen and oxygen atoms in total. The van der Waals surface area contributed by atoms with Crippen molar-refractivity contribution in [3.05, 3.63) is 138 Å². The second-order valence-electron chi connectivity index (χ2n) is 17.7. The molecule has 0 unspecified atom stereocenters. The molecule has 0 saturated heterocycles. The van der Waals surface area contributed by atoms with Crippen LogP contribution in [0.15, 0.2) is 115 Å². The molecule has 1 spiro atoms. The second kappa shape index (κ2) is 10.5. The van der Waals surface area contributed by atoms with E-state index in [9.17, 15) is 0 Å². The summed E-state index contributed by atoms with van der Waals surface area (Å²) in [6, 6.07) is 44.6. The Kier molecular flexibility index (Phi) is 6.36. The Balaban J connectivity index is 1.13. The molecule has 5 aromatic rings. The van der Waals surface area contributed by atoms with Gasteiger partial charge >= 0.3 is 0 Å². The normalized spacial score (nSPS) is 27.8. The topological polar surface area (TPSA) is 3.24 Å². The molecule has 0 N–H and O–H groups in total. The molecule has 0 heterocycles. The monoisotopic (exact) mass is 639 g/mol. The zero-order valence-electron chi connectivity index (χ0n) is 29.7. The van der Waals surface area contributed by atoms with E-state index in [1.165, 1.54) is 95.4 Å². The lowest BCUT2D eigenvalue weighted by Crippen LogP contribution is -2.55. The number of nitrogens with zero attached hydrogens (tertiary/aromatic N) is 1. The van der Waals surface area contributed by atoms with Crippen LogP contribution in [0.5, 0.6) is 0 Å². The lowest BCUT2D eigenvalue weighted by atomic mass is 9.43. The number of hydrogen-bond acceptors (Lipinski definition) is 1. The number of hydrogen-bond donors (Lipinski definition) is 0. The van der Waals surface area contributed by atoms with Crippen LogP contribution in [0.2, 0.25) is 0 Å². The summed E-state index contributed by atoms with van der Waals surface area (Å²) in [6.07, 6.45) is 9.52. The van der Waals surface area contributed by atoms with Crippen LogP contribution in [0.4, 0.5) is 17.1 Å². The van der Waals surface area contributed by atoms with E-state index in [1.807, 2.05) is 0 Å². The molecule has 0 amide bonds. The molecule has 11 rings (SSSR count). The summed E-state index contributed by atoms with van der Waals surface area (Å²) >= 11 is 0. The maximum atomic E-state index is 2.58. The Morgan fingerprint density at radius 2 is 1.08 bits per heavy atom. The first-order valence-electron chi connectivity index (χ1n) is 19.1. The molecule has 4 bridgehead atoms. The summed E-state index contributed by atoms with van der Waals surface area (Å²) in [7, 11) is 0. The Labute approximate surface area is 293 Å². The van der Waals surface area contributed by atoms with E-state index in [0.29, 0.717) is 0 Å². The van der Waals surface area contributed by atoms with Gasteiger partial charge in [-0.3, -0.25) is 0 Å². The summed E-state index contributed by atoms with van der Waals surface area (Å²) in [6.45, 7) is 9.69. The van der Waals surface area contributed by atoms with Crippen LogP contribution >= 0.6 is 0 Å². The minimum Gasteiger partial charge on any atom is -0.310 e. The SMILES string of the molecule is CC1(C)CCC(C)(C)c2cc(-c3ccc(N(c4ccccc4)c4cccc5c4C4(c6ccccc6-5)C5CC6CC(C5)CC4C6)cc3)ccc21. The van der Waals surface area contributed by atoms with Crippen molar-refractivity contribution in [3.63, 3.8) is 0 Å². The molecule has 6 aliphatic rings. The first kappa shape index (κ1) is 29.8. The number of fused-ring (bicyclic) bond motifs is 4. The first-order chi connectivity index (χ1) is 23.7. The van der Waals surface area contributed by atoms with Gasteiger partial charge in [-0.15, -0.1) is 0 Å². The smallest absolute Gasteiger partial charge is 0.0509 e. The van der Waals surface area contributed by atoms with Gasteiger partial charge in [-0.1, -0.05) is 113 Å². The predicted molar refractivity (Wildman–Crippen MR) is 205 cm³/mol. The molecular formula is C48H49N. The van der Waals surface area contributed by atoms with E-state index in [-0.39, 0.29) is 16.2 Å². The molecule has 4 fully saturated rings. The largest absolute Gasteiger partial charge is 0.310 e. The molecule has 5 aromatic carbocycles. The zero-order valence-corrected chi connectivity index (χ0v) is 29.7. The highest BCUT2D eigenvalue weighted by Gasteiger charge is 2.62. The molecule has 0 atom stereocenters. The van der Waals surface area contributed by atoms with Gasteiger partial charge < -0.3 is 4.90 Å². The van der Waals surface area contributed by atoms with E-state index < -0.39 is 0 Å². The van der Waals surface area contributed by atoms with Crippen molar-refractivity contribution in [3.8, 4) is 22.3 Å². The van der Waals surface area contributed by atoms with Crippen LogP contribution in [-0.4, -0.2) is 0 Å². The number of anilines is 3. The third-order valence-electron chi connectivity index (χ3n) is 14.1. The van der Waals surface area contributed by atoms with E-state index in [0.717, 1.165) is 23.7 Å². The van der Waals surface area contributed by atoms with Crippen LogP contribution in [0.3, 0.4) is 0 Å². The van der Waals surface area contributed by atoms with Crippen molar-refractivity contribution >= 4 is 17.1 Å². The van der Waals surface area contributed by atoms with Gasteiger partial charge in [-0.05, 0) is 154 Å². The molecule has 0 radical (unpaired) electrons. The van der Waals surface area contributed by atoms with Crippen LogP contribution in [0.1, 0.15) is 94.9 Å². The number of benzene rings is 5. The van der Waals surface area contributed by atoms with E-state index >= 15 is 0 Å². The summed E-state index contributed by atoms with van der Waals surface area (Å²) in [5.41, 5.74) is 16.2. The number of para-hydroxylation sites is 1. The van der Waals surface area contributed by atoms with Gasteiger partial charge in [0.25, 0.3) is 0 Å². The van der Waals surface area contributed by atoms with Gasteiger partial charge in [-0.25, -0.2) is 0 Å². The van der Waals surface area contributed by atoms with E-state index in [2.05, 4.69) is 148 Å².